The first kappa shape index (κ1) is 14.4. The van der Waals surface area contributed by atoms with E-state index in [-0.39, 0.29) is 17.4 Å². The smallest absolute Gasteiger partial charge is 0.278 e. The number of methoxy groups -OCH3 is 1. The Morgan fingerprint density at radius 3 is 2.50 bits per heavy atom. The molecule has 1 aromatic heterocycles. The Morgan fingerprint density at radius 1 is 1.18 bits per heavy atom. The maximum absolute atomic E-state index is 12.5. The van der Waals surface area contributed by atoms with Gasteiger partial charge in [-0.1, -0.05) is 5.21 Å². The number of likely N-dealkylation sites (tertiary alicyclic amines) is 1. The van der Waals surface area contributed by atoms with Crippen LogP contribution in [-0.4, -0.2) is 46.0 Å². The van der Waals surface area contributed by atoms with Crippen molar-refractivity contribution in [2.75, 3.05) is 25.9 Å². The second-order valence-corrected chi connectivity index (χ2v) is 5.29. The molecule has 1 aliphatic heterocycles. The van der Waals surface area contributed by atoms with Gasteiger partial charge in [-0.05, 0) is 43.5 Å². The summed E-state index contributed by atoms with van der Waals surface area (Å²) in [7, 11) is 1.61. The predicted molar refractivity (Wildman–Crippen MR) is 82.1 cm³/mol. The number of rotatable bonds is 3. The maximum atomic E-state index is 12.5. The Bertz CT molecular complexity index is 659. The summed E-state index contributed by atoms with van der Waals surface area (Å²) in [6, 6.07) is 7.25. The molecule has 1 aromatic carbocycles. The standard InChI is InChI=1S/C15H19N5O2/c1-22-12-7-5-11(6-8-12)20-14(16)13(17-18-20)15(21)19-9-3-2-4-10-19/h5-8H,2-4,9-10,16H2,1H3. The molecule has 0 spiro atoms. The first-order valence-electron chi connectivity index (χ1n) is 7.35. The molecule has 1 saturated heterocycles. The lowest BCUT2D eigenvalue weighted by atomic mass is 10.1. The summed E-state index contributed by atoms with van der Waals surface area (Å²) >= 11 is 0. The van der Waals surface area contributed by atoms with Gasteiger partial charge in [-0.2, -0.15) is 4.68 Å². The van der Waals surface area contributed by atoms with Gasteiger partial charge in [0, 0.05) is 13.1 Å². The lowest BCUT2D eigenvalue weighted by Gasteiger charge is -2.25. The fraction of sp³-hybridized carbons (Fsp3) is 0.400. The van der Waals surface area contributed by atoms with E-state index in [1.54, 1.807) is 12.0 Å². The van der Waals surface area contributed by atoms with Crippen LogP contribution in [0, 0.1) is 0 Å². The predicted octanol–water partition coefficient (Wildman–Crippen LogP) is 1.48. The normalized spacial score (nSPS) is 14.9. The van der Waals surface area contributed by atoms with Crippen LogP contribution in [-0.2, 0) is 0 Å². The molecule has 0 atom stereocenters. The third-order valence-electron chi connectivity index (χ3n) is 3.87. The molecule has 0 saturated carbocycles. The number of anilines is 1. The Balaban J connectivity index is 1.85. The van der Waals surface area contributed by atoms with Gasteiger partial charge in [0.25, 0.3) is 5.91 Å². The van der Waals surface area contributed by atoms with Crippen LogP contribution in [0.3, 0.4) is 0 Å². The minimum Gasteiger partial charge on any atom is -0.497 e. The van der Waals surface area contributed by atoms with Crippen LogP contribution >= 0.6 is 0 Å². The fourth-order valence-electron chi connectivity index (χ4n) is 2.60. The molecular weight excluding hydrogens is 282 g/mol. The number of carbonyl (C=O) groups excluding carboxylic acids is 1. The summed E-state index contributed by atoms with van der Waals surface area (Å²) in [5, 5.41) is 7.99. The van der Waals surface area contributed by atoms with Crippen LogP contribution < -0.4 is 10.5 Å². The average molecular weight is 301 g/mol. The number of nitrogen functional groups attached to an aromatic ring is 1. The van der Waals surface area contributed by atoms with E-state index in [0.717, 1.165) is 43.8 Å². The van der Waals surface area contributed by atoms with Crippen molar-refractivity contribution in [3.05, 3.63) is 30.0 Å². The number of hydrogen-bond donors (Lipinski definition) is 1. The van der Waals surface area contributed by atoms with E-state index in [1.165, 1.54) is 4.68 Å². The molecule has 0 radical (unpaired) electrons. The van der Waals surface area contributed by atoms with E-state index in [2.05, 4.69) is 10.3 Å². The maximum Gasteiger partial charge on any atom is 0.278 e. The number of nitrogens with two attached hydrogens (primary N) is 1. The van der Waals surface area contributed by atoms with Gasteiger partial charge in [-0.15, -0.1) is 5.10 Å². The highest BCUT2D eigenvalue weighted by atomic mass is 16.5. The second kappa shape index (κ2) is 6.05. The Hall–Kier alpha value is -2.57. The molecule has 1 amide bonds. The largest absolute Gasteiger partial charge is 0.497 e. The van der Waals surface area contributed by atoms with Gasteiger partial charge in [0.15, 0.2) is 11.5 Å². The number of amides is 1. The van der Waals surface area contributed by atoms with Crippen molar-refractivity contribution in [2.24, 2.45) is 0 Å². The van der Waals surface area contributed by atoms with Crippen molar-refractivity contribution in [2.45, 2.75) is 19.3 Å². The van der Waals surface area contributed by atoms with E-state index in [4.69, 9.17) is 10.5 Å². The minimum atomic E-state index is -0.142. The van der Waals surface area contributed by atoms with Gasteiger partial charge in [0.1, 0.15) is 5.75 Å². The SMILES string of the molecule is COc1ccc(-n2nnc(C(=O)N3CCCCC3)c2N)cc1. The van der Waals surface area contributed by atoms with Gasteiger partial charge < -0.3 is 15.4 Å². The fourth-order valence-corrected chi connectivity index (χ4v) is 2.60. The van der Waals surface area contributed by atoms with Gasteiger partial charge in [-0.3, -0.25) is 4.79 Å². The molecule has 2 N–H and O–H groups in total. The summed E-state index contributed by atoms with van der Waals surface area (Å²) in [6.07, 6.45) is 3.22. The van der Waals surface area contributed by atoms with Gasteiger partial charge in [0.05, 0.1) is 12.8 Å². The average Bonchev–Trinajstić information content (AvgIpc) is 2.96. The van der Waals surface area contributed by atoms with Crippen LogP contribution in [0.5, 0.6) is 5.75 Å². The molecule has 7 nitrogen and oxygen atoms in total. The molecule has 22 heavy (non-hydrogen) atoms. The van der Waals surface area contributed by atoms with Gasteiger partial charge in [0.2, 0.25) is 0 Å². The Kier molecular flexibility index (Phi) is 3.95. The van der Waals surface area contributed by atoms with Crippen LogP contribution in [0.4, 0.5) is 5.82 Å². The number of aromatic nitrogens is 3. The van der Waals surface area contributed by atoms with Crippen molar-refractivity contribution in [1.29, 1.82) is 0 Å². The topological polar surface area (TPSA) is 86.3 Å². The highest BCUT2D eigenvalue weighted by Gasteiger charge is 2.24. The number of benzene rings is 1. The Labute approximate surface area is 128 Å². The van der Waals surface area contributed by atoms with Crippen molar-refractivity contribution in [1.82, 2.24) is 19.9 Å². The zero-order valence-corrected chi connectivity index (χ0v) is 12.5. The summed E-state index contributed by atoms with van der Waals surface area (Å²) in [4.78, 5) is 14.3. The van der Waals surface area contributed by atoms with E-state index >= 15 is 0 Å². The Morgan fingerprint density at radius 2 is 1.86 bits per heavy atom. The number of carbonyl (C=O) groups is 1. The lowest BCUT2D eigenvalue weighted by Crippen LogP contribution is -2.36. The van der Waals surface area contributed by atoms with E-state index in [0.29, 0.717) is 0 Å². The highest BCUT2D eigenvalue weighted by molar-refractivity contribution is 5.96. The second-order valence-electron chi connectivity index (χ2n) is 5.29. The van der Waals surface area contributed by atoms with Crippen LogP contribution in [0.15, 0.2) is 24.3 Å². The molecule has 0 unspecified atom stereocenters. The molecule has 3 rings (SSSR count). The van der Waals surface area contributed by atoms with Crippen molar-refractivity contribution in [3.8, 4) is 11.4 Å². The number of ether oxygens (including phenoxy) is 1. The molecule has 0 aliphatic carbocycles. The van der Waals surface area contributed by atoms with Gasteiger partial charge in [-0.25, -0.2) is 0 Å². The van der Waals surface area contributed by atoms with E-state index < -0.39 is 0 Å². The molecular formula is C15H19N5O2. The molecule has 116 valence electrons. The quantitative estimate of drug-likeness (QED) is 0.928. The third-order valence-corrected chi connectivity index (χ3v) is 3.87. The van der Waals surface area contributed by atoms with Crippen LogP contribution in [0.25, 0.3) is 5.69 Å². The van der Waals surface area contributed by atoms with Gasteiger partial charge >= 0.3 is 0 Å². The molecule has 2 heterocycles. The molecule has 0 bridgehead atoms. The molecule has 1 aliphatic rings. The molecule has 2 aromatic rings. The van der Waals surface area contributed by atoms with Crippen molar-refractivity contribution in [3.63, 3.8) is 0 Å². The highest BCUT2D eigenvalue weighted by Crippen LogP contribution is 2.20. The minimum absolute atomic E-state index is 0.142. The van der Waals surface area contributed by atoms with Crippen LogP contribution in [0.1, 0.15) is 29.8 Å². The summed E-state index contributed by atoms with van der Waals surface area (Å²) in [6.45, 7) is 1.52. The van der Waals surface area contributed by atoms with E-state index in [9.17, 15) is 4.79 Å². The third kappa shape index (κ3) is 2.61. The summed E-state index contributed by atoms with van der Waals surface area (Å²) in [5.74, 6) is 0.866. The first-order valence-corrected chi connectivity index (χ1v) is 7.35. The number of hydrogen-bond acceptors (Lipinski definition) is 5. The summed E-state index contributed by atoms with van der Waals surface area (Å²) in [5.41, 5.74) is 7.03. The van der Waals surface area contributed by atoms with Crippen LogP contribution in [0.2, 0.25) is 0 Å². The molecule has 7 heteroatoms. The zero-order chi connectivity index (χ0) is 15.5. The zero-order valence-electron chi connectivity index (χ0n) is 12.5. The van der Waals surface area contributed by atoms with Crippen molar-refractivity contribution < 1.29 is 9.53 Å². The lowest BCUT2D eigenvalue weighted by molar-refractivity contribution is 0.0719. The number of piperidine rings is 1. The van der Waals surface area contributed by atoms with Crippen molar-refractivity contribution >= 4 is 11.7 Å². The first-order chi connectivity index (χ1) is 10.7. The summed E-state index contributed by atoms with van der Waals surface area (Å²) < 4.78 is 6.59. The van der Waals surface area contributed by atoms with E-state index in [1.807, 2.05) is 24.3 Å². The number of nitrogens with zero attached hydrogens (tertiary/aromatic N) is 4. The monoisotopic (exact) mass is 301 g/mol. The molecule has 1 fully saturated rings.